The minimum absolute atomic E-state index is 0.0113. The number of benzene rings is 1. The minimum Gasteiger partial charge on any atom is -0.494 e. The highest BCUT2D eigenvalue weighted by atomic mass is 32.2. The van der Waals surface area contributed by atoms with Crippen molar-refractivity contribution in [2.24, 2.45) is 0 Å². The highest BCUT2D eigenvalue weighted by molar-refractivity contribution is 7.93. The summed E-state index contributed by atoms with van der Waals surface area (Å²) in [6.45, 7) is 1.33. The number of nitrogens with one attached hydrogen (secondary N) is 1. The molecule has 0 bridgehead atoms. The molecule has 36 heavy (non-hydrogen) atoms. The summed E-state index contributed by atoms with van der Waals surface area (Å²) in [4.78, 5) is 18.6. The zero-order valence-electron chi connectivity index (χ0n) is 20.5. The predicted molar refractivity (Wildman–Crippen MR) is 129 cm³/mol. The zero-order chi connectivity index (χ0) is 26.1. The summed E-state index contributed by atoms with van der Waals surface area (Å²) in [7, 11) is -7.50. The van der Waals surface area contributed by atoms with Gasteiger partial charge in [-0.25, -0.2) is 18.7 Å². The second-order valence-electron chi connectivity index (χ2n) is 8.86. The average Bonchev–Trinajstić information content (AvgIpc) is 2.87. The van der Waals surface area contributed by atoms with Crippen molar-refractivity contribution in [1.82, 2.24) is 5.48 Å². The third kappa shape index (κ3) is 7.86. The van der Waals surface area contributed by atoms with E-state index in [2.05, 4.69) is 9.66 Å². The Bertz CT molecular complexity index is 1040. The van der Waals surface area contributed by atoms with Crippen molar-refractivity contribution in [1.29, 1.82) is 0 Å². The third-order valence-corrected chi connectivity index (χ3v) is 9.25. The van der Waals surface area contributed by atoms with E-state index in [0.717, 1.165) is 25.5 Å². The molecule has 3 rings (SSSR count). The van der Waals surface area contributed by atoms with Gasteiger partial charge in [-0.1, -0.05) is 0 Å². The quantitative estimate of drug-likeness (QED) is 0.221. The lowest BCUT2D eigenvalue weighted by Gasteiger charge is -2.35. The van der Waals surface area contributed by atoms with Gasteiger partial charge in [-0.15, -0.1) is 0 Å². The first-order valence-corrected chi connectivity index (χ1v) is 15.4. The molecule has 2 heterocycles. The average molecular weight is 550 g/mol. The van der Waals surface area contributed by atoms with Gasteiger partial charge in [-0.3, -0.25) is 8.98 Å². The largest absolute Gasteiger partial charge is 0.494 e. The summed E-state index contributed by atoms with van der Waals surface area (Å²) in [6.07, 6.45) is 4.87. The van der Waals surface area contributed by atoms with Gasteiger partial charge in [0.15, 0.2) is 20.9 Å². The van der Waals surface area contributed by atoms with Gasteiger partial charge in [-0.2, -0.15) is 8.42 Å². The van der Waals surface area contributed by atoms with Crippen LogP contribution in [0.2, 0.25) is 0 Å². The van der Waals surface area contributed by atoms with E-state index in [4.69, 9.17) is 19.0 Å². The van der Waals surface area contributed by atoms with Gasteiger partial charge in [0.2, 0.25) is 0 Å². The van der Waals surface area contributed by atoms with E-state index in [1.54, 1.807) is 12.1 Å². The molecule has 11 nitrogen and oxygen atoms in total. The summed E-state index contributed by atoms with van der Waals surface area (Å²) in [5.74, 6) is -0.232. The molecule has 1 atom stereocenters. The number of unbranched alkanes of at least 4 members (excludes halogenated alkanes) is 2. The van der Waals surface area contributed by atoms with Crippen LogP contribution in [0, 0.1) is 0 Å². The van der Waals surface area contributed by atoms with Gasteiger partial charge in [0, 0.05) is 26.2 Å². The minimum atomic E-state index is -4.07. The Morgan fingerprint density at radius 3 is 2.33 bits per heavy atom. The second-order valence-corrected chi connectivity index (χ2v) is 12.8. The molecule has 1 unspecified atom stereocenters. The van der Waals surface area contributed by atoms with Crippen LogP contribution in [0.4, 0.5) is 0 Å². The van der Waals surface area contributed by atoms with E-state index in [1.165, 1.54) is 12.1 Å². The van der Waals surface area contributed by atoms with Crippen LogP contribution < -0.4 is 10.2 Å². The maximum atomic E-state index is 13.6. The monoisotopic (exact) mass is 549 g/mol. The summed E-state index contributed by atoms with van der Waals surface area (Å²) in [5, 5.41) is 0. The maximum Gasteiger partial charge on any atom is 0.265 e. The van der Waals surface area contributed by atoms with Crippen molar-refractivity contribution >= 4 is 25.9 Å². The van der Waals surface area contributed by atoms with Crippen LogP contribution in [0.1, 0.15) is 51.4 Å². The number of carbonyl (C=O) groups excluding carboxylic acids is 1. The van der Waals surface area contributed by atoms with Crippen LogP contribution in [0.3, 0.4) is 0 Å². The zero-order valence-corrected chi connectivity index (χ0v) is 22.1. The van der Waals surface area contributed by atoms with Gasteiger partial charge >= 0.3 is 0 Å². The fourth-order valence-electron chi connectivity index (χ4n) is 4.06. The number of hydrogen-bond acceptors (Lipinski definition) is 10. The predicted octanol–water partition coefficient (Wildman–Crippen LogP) is 2.11. The van der Waals surface area contributed by atoms with Crippen molar-refractivity contribution in [3.05, 3.63) is 24.3 Å². The van der Waals surface area contributed by atoms with Gasteiger partial charge in [0.1, 0.15) is 5.75 Å². The van der Waals surface area contributed by atoms with Gasteiger partial charge in [-0.05, 0) is 69.2 Å². The van der Waals surface area contributed by atoms with Crippen LogP contribution in [-0.2, 0) is 43.2 Å². The topological polar surface area (TPSA) is 144 Å². The molecule has 0 aliphatic carbocycles. The smallest absolute Gasteiger partial charge is 0.265 e. The number of hydrogen-bond donors (Lipinski definition) is 1. The third-order valence-electron chi connectivity index (χ3n) is 6.14. The molecule has 13 heteroatoms. The van der Waals surface area contributed by atoms with Crippen LogP contribution in [-0.4, -0.2) is 73.1 Å². The van der Waals surface area contributed by atoms with Crippen molar-refractivity contribution in [3.63, 3.8) is 0 Å². The van der Waals surface area contributed by atoms with Gasteiger partial charge in [0.25, 0.3) is 16.0 Å². The van der Waals surface area contributed by atoms with E-state index in [0.29, 0.717) is 38.2 Å². The summed E-state index contributed by atoms with van der Waals surface area (Å²) >= 11 is 0. The van der Waals surface area contributed by atoms with Crippen LogP contribution in [0.5, 0.6) is 5.75 Å². The molecular weight excluding hydrogens is 514 g/mol. The molecule has 204 valence electrons. The molecule has 1 aromatic rings. The second kappa shape index (κ2) is 13.2. The summed E-state index contributed by atoms with van der Waals surface area (Å²) in [6, 6.07) is 5.97. The molecule has 1 aromatic carbocycles. The van der Waals surface area contributed by atoms with Crippen molar-refractivity contribution in [2.75, 3.05) is 39.3 Å². The fraction of sp³-hybridized carbons (Fsp3) is 0.696. The molecule has 2 fully saturated rings. The van der Waals surface area contributed by atoms with Crippen molar-refractivity contribution in [2.45, 2.75) is 67.3 Å². The number of hydroxylamine groups is 1. The first-order chi connectivity index (χ1) is 17.1. The molecule has 0 aromatic heterocycles. The lowest BCUT2D eigenvalue weighted by molar-refractivity contribution is -0.202. The van der Waals surface area contributed by atoms with E-state index in [-0.39, 0.29) is 37.6 Å². The number of carbonyl (C=O) groups is 1. The number of rotatable bonds is 13. The van der Waals surface area contributed by atoms with Crippen LogP contribution in [0.25, 0.3) is 0 Å². The Labute approximate surface area is 212 Å². The van der Waals surface area contributed by atoms with E-state index < -0.39 is 36.9 Å². The van der Waals surface area contributed by atoms with E-state index >= 15 is 0 Å². The van der Waals surface area contributed by atoms with Gasteiger partial charge < -0.3 is 14.2 Å². The Morgan fingerprint density at radius 1 is 1.00 bits per heavy atom. The Kier molecular flexibility index (Phi) is 10.5. The molecule has 2 aliphatic rings. The normalized spacial score (nSPS) is 20.5. The summed E-state index contributed by atoms with van der Waals surface area (Å²) in [5.41, 5.74) is 2.34. The molecular formula is C23H35NO10S2. The number of ether oxygens (including phenoxy) is 3. The van der Waals surface area contributed by atoms with Crippen molar-refractivity contribution in [3.8, 4) is 5.75 Å². The first kappa shape index (κ1) is 28.8. The lowest BCUT2D eigenvalue weighted by atomic mass is 9.98. The molecule has 0 saturated carbocycles. The molecule has 0 spiro atoms. The van der Waals surface area contributed by atoms with E-state index in [9.17, 15) is 21.6 Å². The SMILES string of the molecule is CS(=O)(=O)OCCCCCOc1ccc(S(=O)(=O)C2(C(=O)NOC3CCCCO3)CCOCC2)cc1. The van der Waals surface area contributed by atoms with Crippen molar-refractivity contribution < 1.29 is 44.9 Å². The fourth-order valence-corrected chi connectivity index (χ4v) is 6.41. The Balaban J connectivity index is 1.57. The highest BCUT2D eigenvalue weighted by Gasteiger charge is 2.52. The Hall–Kier alpha value is -1.77. The van der Waals surface area contributed by atoms with Crippen LogP contribution >= 0.6 is 0 Å². The lowest BCUT2D eigenvalue weighted by Crippen LogP contribution is -2.56. The van der Waals surface area contributed by atoms with E-state index in [1.807, 2.05) is 0 Å². The molecule has 1 amide bonds. The molecule has 0 radical (unpaired) electrons. The molecule has 2 saturated heterocycles. The van der Waals surface area contributed by atoms with Crippen LogP contribution in [0.15, 0.2) is 29.2 Å². The standard InChI is InChI=1S/C23H35NO10S2/c1-35(26,27)33-16-5-2-4-14-31-19-8-10-20(11-9-19)36(28,29)23(12-17-30-18-13-23)22(25)24-34-21-7-3-6-15-32-21/h8-11,21H,2-7,12-18H2,1H3,(H,24,25). The molecule has 2 aliphatic heterocycles. The van der Waals surface area contributed by atoms with Gasteiger partial charge in [0.05, 0.1) is 24.4 Å². The maximum absolute atomic E-state index is 13.6. The number of sulfone groups is 1. The first-order valence-electron chi connectivity index (χ1n) is 12.1. The Morgan fingerprint density at radius 2 is 1.69 bits per heavy atom. The summed E-state index contributed by atoms with van der Waals surface area (Å²) < 4.78 is 68.6. The highest BCUT2D eigenvalue weighted by Crippen LogP contribution is 2.36. The molecule has 1 N–H and O–H groups in total. The number of amides is 1.